The van der Waals surface area contributed by atoms with Gasteiger partial charge in [-0.25, -0.2) is 0 Å². The zero-order chi connectivity index (χ0) is 31.8. The molecule has 6 rings (SSSR count). The van der Waals surface area contributed by atoms with Gasteiger partial charge in [0, 0.05) is 5.02 Å². The van der Waals surface area contributed by atoms with Crippen LogP contribution in [-0.2, 0) is 20.7 Å². The van der Waals surface area contributed by atoms with Crippen LogP contribution in [0.4, 0.5) is 0 Å². The van der Waals surface area contributed by atoms with Crippen molar-refractivity contribution in [3.63, 3.8) is 0 Å². The van der Waals surface area contributed by atoms with E-state index in [1.165, 1.54) is 18.4 Å². The van der Waals surface area contributed by atoms with E-state index in [1.807, 2.05) is 6.07 Å². The SMILES string of the molecule is O=C(O)[C@@H]1CCCN1.O=C(O)[C@@H]1CCCN1.OC[C@H]1O[C@@H](c2ccc(Cl)c(Cc3ccc(C4CC4)cc3)c2)[C@H](O)[C@@H](O)[C@@H]1O. The van der Waals surface area contributed by atoms with Crippen LogP contribution in [0.25, 0.3) is 0 Å². The number of ether oxygens (including phenoxy) is 1. The highest BCUT2D eigenvalue weighted by Crippen LogP contribution is 2.40. The van der Waals surface area contributed by atoms with Crippen LogP contribution < -0.4 is 10.6 Å². The second-order valence-electron chi connectivity index (χ2n) is 11.8. The number of rotatable bonds is 7. The summed E-state index contributed by atoms with van der Waals surface area (Å²) >= 11 is 6.39. The zero-order valence-electron chi connectivity index (χ0n) is 24.5. The fourth-order valence-electron chi connectivity index (χ4n) is 5.62. The molecule has 1 saturated carbocycles. The molecule has 2 aromatic rings. The second kappa shape index (κ2) is 16.1. The zero-order valence-corrected chi connectivity index (χ0v) is 25.3. The summed E-state index contributed by atoms with van der Waals surface area (Å²) in [6.45, 7) is 1.27. The number of hydrogen-bond acceptors (Lipinski definition) is 9. The Morgan fingerprint density at radius 1 is 0.795 bits per heavy atom. The van der Waals surface area contributed by atoms with Crippen LogP contribution in [-0.4, -0.2) is 98.8 Å². The van der Waals surface area contributed by atoms with Crippen molar-refractivity contribution in [1.29, 1.82) is 0 Å². The molecule has 0 amide bonds. The number of benzene rings is 2. The summed E-state index contributed by atoms with van der Waals surface area (Å²) in [6, 6.07) is 13.4. The number of nitrogens with one attached hydrogen (secondary N) is 2. The Hall–Kier alpha value is -2.61. The average molecular weight is 635 g/mol. The summed E-state index contributed by atoms with van der Waals surface area (Å²) < 4.78 is 5.66. The Bertz CT molecular complexity index is 1200. The summed E-state index contributed by atoms with van der Waals surface area (Å²) in [4.78, 5) is 20.3. The smallest absolute Gasteiger partial charge is 0.320 e. The van der Waals surface area contributed by atoms with Gasteiger partial charge in [-0.15, -0.1) is 0 Å². The minimum absolute atomic E-state index is 0.269. The van der Waals surface area contributed by atoms with Crippen LogP contribution in [0.15, 0.2) is 42.5 Å². The fourth-order valence-corrected chi connectivity index (χ4v) is 5.80. The lowest BCUT2D eigenvalue weighted by molar-refractivity contribution is -0.231. The molecule has 0 unspecified atom stereocenters. The first kappa shape index (κ1) is 34.3. The number of carboxylic acid groups (broad SMARTS) is 2. The Balaban J connectivity index is 0.000000224. The molecule has 242 valence electrons. The van der Waals surface area contributed by atoms with E-state index in [4.69, 9.17) is 26.6 Å². The van der Waals surface area contributed by atoms with Crippen LogP contribution in [0.2, 0.25) is 5.02 Å². The Morgan fingerprint density at radius 2 is 1.36 bits per heavy atom. The minimum atomic E-state index is -1.40. The van der Waals surface area contributed by atoms with Crippen LogP contribution in [0.1, 0.15) is 72.8 Å². The van der Waals surface area contributed by atoms with Crippen molar-refractivity contribution in [2.24, 2.45) is 0 Å². The van der Waals surface area contributed by atoms with E-state index in [-0.39, 0.29) is 12.1 Å². The van der Waals surface area contributed by atoms with Gasteiger partial charge in [0.2, 0.25) is 0 Å². The maximum absolute atomic E-state index is 10.4. The summed E-state index contributed by atoms with van der Waals surface area (Å²) in [6.07, 6.45) is 0.885. The largest absolute Gasteiger partial charge is 0.480 e. The van der Waals surface area contributed by atoms with Gasteiger partial charge in [0.1, 0.15) is 42.6 Å². The maximum atomic E-state index is 10.4. The van der Waals surface area contributed by atoms with E-state index in [0.717, 1.165) is 49.9 Å². The normalized spacial score (nSPS) is 29.6. The molecule has 0 bridgehead atoms. The molecule has 3 heterocycles. The standard InChI is InChI=1S/C22H25ClO5.2C5H9NO2/c23-17-8-7-15(22-21(27)20(26)19(25)18(11-24)28-22)10-16(17)9-12-1-3-13(4-2-12)14-5-6-14;2*7-5(8)4-2-1-3-6-4/h1-4,7-8,10,14,18-22,24-27H,5-6,9,11H2;2*4,6H,1-3H2,(H,7,8)/t18-,19-,20+,21-,22+;2*4-/m100/s1. The molecule has 2 aromatic carbocycles. The molecule has 4 aliphatic rings. The molecular formula is C32H43ClN2O9. The molecule has 0 aromatic heterocycles. The number of carbonyl (C=O) groups is 2. The number of hydrogen-bond donors (Lipinski definition) is 8. The first-order valence-corrected chi connectivity index (χ1v) is 15.6. The molecule has 0 spiro atoms. The quantitative estimate of drug-likeness (QED) is 0.222. The maximum Gasteiger partial charge on any atom is 0.320 e. The topological polar surface area (TPSA) is 189 Å². The van der Waals surface area contributed by atoms with Gasteiger partial charge in [-0.1, -0.05) is 48.0 Å². The van der Waals surface area contributed by atoms with Gasteiger partial charge in [0.25, 0.3) is 0 Å². The Morgan fingerprint density at radius 3 is 1.82 bits per heavy atom. The molecule has 0 radical (unpaired) electrons. The molecule has 4 fully saturated rings. The number of aliphatic carboxylic acids is 2. The molecule has 1 aliphatic carbocycles. The van der Waals surface area contributed by atoms with Crippen LogP contribution in [0.5, 0.6) is 0 Å². The van der Waals surface area contributed by atoms with Crippen molar-refractivity contribution >= 4 is 23.5 Å². The van der Waals surface area contributed by atoms with Crippen LogP contribution >= 0.6 is 11.6 Å². The summed E-state index contributed by atoms with van der Waals surface area (Å²) in [5.74, 6) is -0.725. The highest BCUT2D eigenvalue weighted by molar-refractivity contribution is 6.31. The number of aliphatic hydroxyl groups excluding tert-OH is 4. The van der Waals surface area contributed by atoms with Gasteiger partial charge < -0.3 is 46.0 Å². The Labute approximate surface area is 261 Å². The van der Waals surface area contributed by atoms with Crippen LogP contribution in [0.3, 0.4) is 0 Å². The predicted molar refractivity (Wildman–Crippen MR) is 163 cm³/mol. The van der Waals surface area contributed by atoms with E-state index < -0.39 is 49.1 Å². The van der Waals surface area contributed by atoms with Crippen LogP contribution in [0, 0.1) is 0 Å². The number of carboxylic acids is 2. The summed E-state index contributed by atoms with van der Waals surface area (Å²) in [7, 11) is 0. The average Bonchev–Trinajstić information content (AvgIpc) is 3.44. The van der Waals surface area contributed by atoms with Gasteiger partial charge in [0.05, 0.1) is 6.61 Å². The summed E-state index contributed by atoms with van der Waals surface area (Å²) in [5, 5.41) is 62.8. The third-order valence-corrected chi connectivity index (χ3v) is 8.80. The molecule has 3 saturated heterocycles. The highest BCUT2D eigenvalue weighted by Gasteiger charge is 2.44. The summed E-state index contributed by atoms with van der Waals surface area (Å²) in [5.41, 5.74) is 4.04. The number of aliphatic hydroxyl groups is 4. The van der Waals surface area contributed by atoms with Crippen molar-refractivity contribution in [3.05, 3.63) is 69.7 Å². The minimum Gasteiger partial charge on any atom is -0.480 e. The van der Waals surface area contributed by atoms with Crippen molar-refractivity contribution in [2.75, 3.05) is 19.7 Å². The Kier molecular flexibility index (Phi) is 12.5. The lowest BCUT2D eigenvalue weighted by atomic mass is 9.90. The van der Waals surface area contributed by atoms with Crippen molar-refractivity contribution in [3.8, 4) is 0 Å². The molecule has 7 atom stereocenters. The van der Waals surface area contributed by atoms with E-state index in [0.29, 0.717) is 22.9 Å². The molecule has 44 heavy (non-hydrogen) atoms. The van der Waals surface area contributed by atoms with E-state index in [1.54, 1.807) is 12.1 Å². The molecular weight excluding hydrogens is 592 g/mol. The third kappa shape index (κ3) is 9.21. The number of halogens is 1. The van der Waals surface area contributed by atoms with Gasteiger partial charge in [0.15, 0.2) is 0 Å². The van der Waals surface area contributed by atoms with Crippen molar-refractivity contribution in [2.45, 2.75) is 93.5 Å². The monoisotopic (exact) mass is 634 g/mol. The predicted octanol–water partition coefficient (Wildman–Crippen LogP) is 1.97. The molecule has 3 aliphatic heterocycles. The highest BCUT2D eigenvalue weighted by atomic mass is 35.5. The van der Waals surface area contributed by atoms with Crippen molar-refractivity contribution < 1.29 is 45.0 Å². The molecule has 12 heteroatoms. The molecule has 8 N–H and O–H groups in total. The lowest BCUT2D eigenvalue weighted by Crippen LogP contribution is -2.55. The van der Waals surface area contributed by atoms with Gasteiger partial charge in [-0.2, -0.15) is 0 Å². The van der Waals surface area contributed by atoms with E-state index in [9.17, 15) is 30.0 Å². The fraction of sp³-hybridized carbons (Fsp3) is 0.562. The van der Waals surface area contributed by atoms with Gasteiger partial charge in [-0.05, 0) is 92.3 Å². The first-order chi connectivity index (χ1) is 21.1. The van der Waals surface area contributed by atoms with E-state index in [2.05, 4.69) is 34.9 Å². The van der Waals surface area contributed by atoms with Gasteiger partial charge in [-0.3, -0.25) is 9.59 Å². The lowest BCUT2D eigenvalue weighted by Gasteiger charge is -2.40. The molecule has 11 nitrogen and oxygen atoms in total. The van der Waals surface area contributed by atoms with E-state index >= 15 is 0 Å². The second-order valence-corrected chi connectivity index (χ2v) is 12.2. The van der Waals surface area contributed by atoms with Gasteiger partial charge >= 0.3 is 11.9 Å². The van der Waals surface area contributed by atoms with Crippen molar-refractivity contribution in [1.82, 2.24) is 10.6 Å². The third-order valence-electron chi connectivity index (χ3n) is 8.43. The first-order valence-electron chi connectivity index (χ1n) is 15.2.